The van der Waals surface area contributed by atoms with Crippen molar-refractivity contribution in [2.24, 2.45) is 0 Å². The average Bonchev–Trinajstić information content (AvgIpc) is 2.87. The number of rotatable bonds is 3. The number of aromatic nitrogens is 2. The molecule has 0 amide bonds. The highest BCUT2D eigenvalue weighted by Gasteiger charge is 2.20. The van der Waals surface area contributed by atoms with Crippen LogP contribution in [0.25, 0.3) is 0 Å². The summed E-state index contributed by atoms with van der Waals surface area (Å²) in [5.41, 5.74) is 4.70. The van der Waals surface area contributed by atoms with Gasteiger partial charge < -0.3 is 5.11 Å². The fourth-order valence-electron chi connectivity index (χ4n) is 2.57. The van der Waals surface area contributed by atoms with E-state index in [0.717, 1.165) is 25.1 Å². The summed E-state index contributed by atoms with van der Waals surface area (Å²) in [6.07, 6.45) is 2.45. The van der Waals surface area contributed by atoms with Crippen LogP contribution in [-0.2, 0) is 13.0 Å². The fraction of sp³-hybridized carbons (Fsp3) is 0.400. The van der Waals surface area contributed by atoms with Crippen LogP contribution in [0.15, 0.2) is 30.5 Å². The molecular weight excluding hydrogens is 238 g/mol. The summed E-state index contributed by atoms with van der Waals surface area (Å²) in [6.45, 7) is 4.57. The zero-order valence-electron chi connectivity index (χ0n) is 11.1. The van der Waals surface area contributed by atoms with Crippen molar-refractivity contribution in [1.82, 2.24) is 15.1 Å². The molecule has 1 aromatic carbocycles. The Morgan fingerprint density at radius 1 is 1.37 bits per heavy atom. The first-order valence-corrected chi connectivity index (χ1v) is 6.70. The predicted octanol–water partition coefficient (Wildman–Crippen LogP) is 1.81. The van der Waals surface area contributed by atoms with E-state index < -0.39 is 6.10 Å². The maximum absolute atomic E-state index is 10.3. The SMILES string of the molecule is Cc1ccc(C(O)CN2CCc3[nH]ncc3C2)cc1. The molecule has 0 radical (unpaired) electrons. The van der Waals surface area contributed by atoms with Gasteiger partial charge in [0, 0.05) is 37.3 Å². The first-order chi connectivity index (χ1) is 9.22. The lowest BCUT2D eigenvalue weighted by molar-refractivity contribution is 0.106. The van der Waals surface area contributed by atoms with E-state index in [-0.39, 0.29) is 0 Å². The molecule has 1 aliphatic rings. The van der Waals surface area contributed by atoms with Crippen LogP contribution in [0, 0.1) is 6.92 Å². The zero-order valence-corrected chi connectivity index (χ0v) is 11.1. The molecule has 2 N–H and O–H groups in total. The predicted molar refractivity (Wildman–Crippen MR) is 73.7 cm³/mol. The number of aromatic amines is 1. The number of hydrogen-bond donors (Lipinski definition) is 2. The van der Waals surface area contributed by atoms with E-state index in [1.54, 1.807) is 0 Å². The van der Waals surface area contributed by atoms with Crippen molar-refractivity contribution in [2.45, 2.75) is 26.0 Å². The van der Waals surface area contributed by atoms with E-state index in [1.165, 1.54) is 16.8 Å². The van der Waals surface area contributed by atoms with Gasteiger partial charge in [-0.2, -0.15) is 5.10 Å². The van der Waals surface area contributed by atoms with Gasteiger partial charge in [-0.25, -0.2) is 0 Å². The van der Waals surface area contributed by atoms with E-state index in [1.807, 2.05) is 30.5 Å². The second-order valence-corrected chi connectivity index (χ2v) is 5.29. The molecule has 1 aromatic heterocycles. The van der Waals surface area contributed by atoms with Crippen molar-refractivity contribution in [3.8, 4) is 0 Å². The number of hydrogen-bond acceptors (Lipinski definition) is 3. The molecule has 2 aromatic rings. The van der Waals surface area contributed by atoms with Crippen molar-refractivity contribution in [3.63, 3.8) is 0 Å². The Balaban J connectivity index is 1.64. The Bertz CT molecular complexity index is 547. The standard InChI is InChI=1S/C15H19N3O/c1-11-2-4-12(5-3-11)15(19)10-18-7-6-14-13(9-18)8-16-17-14/h2-5,8,15,19H,6-7,9-10H2,1H3,(H,16,17). The van der Waals surface area contributed by atoms with Crippen molar-refractivity contribution >= 4 is 0 Å². The molecule has 19 heavy (non-hydrogen) atoms. The first kappa shape index (κ1) is 12.4. The van der Waals surface area contributed by atoms with Crippen molar-refractivity contribution < 1.29 is 5.11 Å². The minimum Gasteiger partial charge on any atom is -0.387 e. The van der Waals surface area contributed by atoms with Crippen LogP contribution >= 0.6 is 0 Å². The summed E-state index contributed by atoms with van der Waals surface area (Å²) in [5.74, 6) is 0. The molecule has 0 bridgehead atoms. The van der Waals surface area contributed by atoms with Gasteiger partial charge in [-0.05, 0) is 12.5 Å². The Labute approximate surface area is 113 Å². The average molecular weight is 257 g/mol. The Kier molecular flexibility index (Phi) is 3.36. The quantitative estimate of drug-likeness (QED) is 0.881. The Hall–Kier alpha value is -1.65. The molecule has 1 atom stereocenters. The van der Waals surface area contributed by atoms with Crippen molar-refractivity contribution in [1.29, 1.82) is 0 Å². The highest BCUT2D eigenvalue weighted by atomic mass is 16.3. The van der Waals surface area contributed by atoms with Crippen LogP contribution in [0.3, 0.4) is 0 Å². The molecule has 100 valence electrons. The topological polar surface area (TPSA) is 52.1 Å². The first-order valence-electron chi connectivity index (χ1n) is 6.70. The molecule has 2 heterocycles. The number of aliphatic hydroxyl groups excluding tert-OH is 1. The fourth-order valence-corrected chi connectivity index (χ4v) is 2.57. The lowest BCUT2D eigenvalue weighted by atomic mass is 10.0. The van der Waals surface area contributed by atoms with Crippen LogP contribution in [0.5, 0.6) is 0 Å². The minimum atomic E-state index is -0.422. The monoisotopic (exact) mass is 257 g/mol. The van der Waals surface area contributed by atoms with E-state index in [2.05, 4.69) is 22.0 Å². The number of aliphatic hydroxyl groups is 1. The maximum Gasteiger partial charge on any atom is 0.0917 e. The molecule has 1 aliphatic heterocycles. The van der Waals surface area contributed by atoms with E-state index >= 15 is 0 Å². The van der Waals surface area contributed by atoms with Crippen molar-refractivity contribution in [2.75, 3.05) is 13.1 Å². The molecular formula is C15H19N3O. The highest BCUT2D eigenvalue weighted by Crippen LogP contribution is 2.20. The largest absolute Gasteiger partial charge is 0.387 e. The van der Waals surface area contributed by atoms with Crippen LogP contribution in [0.1, 0.15) is 28.5 Å². The summed E-state index contributed by atoms with van der Waals surface area (Å²) in [7, 11) is 0. The van der Waals surface area contributed by atoms with Crippen molar-refractivity contribution in [3.05, 3.63) is 52.8 Å². The molecule has 0 aliphatic carbocycles. The van der Waals surface area contributed by atoms with E-state index in [0.29, 0.717) is 6.54 Å². The molecule has 3 rings (SSSR count). The normalized spacial score (nSPS) is 17.2. The van der Waals surface area contributed by atoms with Crippen LogP contribution in [0.2, 0.25) is 0 Å². The third-order valence-corrected chi connectivity index (χ3v) is 3.77. The van der Waals surface area contributed by atoms with Crippen LogP contribution < -0.4 is 0 Å². The van der Waals surface area contributed by atoms with Gasteiger partial charge in [0.2, 0.25) is 0 Å². The second-order valence-electron chi connectivity index (χ2n) is 5.29. The molecule has 1 unspecified atom stereocenters. The van der Waals surface area contributed by atoms with Gasteiger partial charge in [-0.3, -0.25) is 10.00 Å². The van der Waals surface area contributed by atoms with Gasteiger partial charge in [0.05, 0.1) is 12.3 Å². The number of benzene rings is 1. The van der Waals surface area contributed by atoms with E-state index in [9.17, 15) is 5.11 Å². The number of H-pyrrole nitrogens is 1. The van der Waals surface area contributed by atoms with Gasteiger partial charge in [-0.15, -0.1) is 0 Å². The number of aryl methyl sites for hydroxylation is 1. The smallest absolute Gasteiger partial charge is 0.0917 e. The second kappa shape index (κ2) is 5.15. The minimum absolute atomic E-state index is 0.422. The summed E-state index contributed by atoms with van der Waals surface area (Å²) >= 11 is 0. The molecule has 0 saturated heterocycles. The van der Waals surface area contributed by atoms with Crippen LogP contribution in [-0.4, -0.2) is 33.3 Å². The van der Waals surface area contributed by atoms with Gasteiger partial charge in [-0.1, -0.05) is 29.8 Å². The third-order valence-electron chi connectivity index (χ3n) is 3.77. The third kappa shape index (κ3) is 2.69. The summed E-state index contributed by atoms with van der Waals surface area (Å²) in [4.78, 5) is 2.28. The van der Waals surface area contributed by atoms with Crippen LogP contribution in [0.4, 0.5) is 0 Å². The zero-order chi connectivity index (χ0) is 13.2. The summed E-state index contributed by atoms with van der Waals surface area (Å²) in [5, 5.41) is 17.4. The summed E-state index contributed by atoms with van der Waals surface area (Å²) < 4.78 is 0. The molecule has 0 saturated carbocycles. The van der Waals surface area contributed by atoms with Gasteiger partial charge in [0.25, 0.3) is 0 Å². The molecule has 0 spiro atoms. The molecule has 0 fully saturated rings. The number of nitrogens with zero attached hydrogens (tertiary/aromatic N) is 2. The summed E-state index contributed by atoms with van der Waals surface area (Å²) in [6, 6.07) is 8.10. The number of fused-ring (bicyclic) bond motifs is 1. The Morgan fingerprint density at radius 2 is 2.16 bits per heavy atom. The molecule has 4 nitrogen and oxygen atoms in total. The van der Waals surface area contributed by atoms with Gasteiger partial charge in [0.1, 0.15) is 0 Å². The molecule has 4 heteroatoms. The van der Waals surface area contributed by atoms with Gasteiger partial charge >= 0.3 is 0 Å². The number of β-amino-alcohol motifs (C(OH)–C–C–N with tert-alkyl or cyclic N) is 1. The lowest BCUT2D eigenvalue weighted by Gasteiger charge is -2.28. The maximum atomic E-state index is 10.3. The Morgan fingerprint density at radius 3 is 2.95 bits per heavy atom. The highest BCUT2D eigenvalue weighted by molar-refractivity contribution is 5.24. The van der Waals surface area contributed by atoms with E-state index in [4.69, 9.17) is 0 Å². The lowest BCUT2D eigenvalue weighted by Crippen LogP contribution is -2.33. The number of nitrogens with one attached hydrogen (secondary N) is 1. The van der Waals surface area contributed by atoms with Gasteiger partial charge in [0.15, 0.2) is 0 Å².